The summed E-state index contributed by atoms with van der Waals surface area (Å²) in [5.74, 6) is 0.489. The van der Waals surface area contributed by atoms with Crippen molar-refractivity contribution in [2.24, 2.45) is 0 Å². The third-order valence-electron chi connectivity index (χ3n) is 4.15. The highest BCUT2D eigenvalue weighted by atomic mass is 32.2. The Morgan fingerprint density at radius 2 is 1.74 bits per heavy atom. The van der Waals surface area contributed by atoms with E-state index in [1.54, 1.807) is 24.3 Å². The number of carbonyl (C=O) groups is 1. The molecule has 0 fully saturated rings. The average Bonchev–Trinajstić information content (AvgIpc) is 2.63. The first-order chi connectivity index (χ1) is 12.8. The molecule has 0 heterocycles. The molecular weight excluding hydrogens is 364 g/mol. The lowest BCUT2D eigenvalue weighted by Gasteiger charge is -2.27. The summed E-state index contributed by atoms with van der Waals surface area (Å²) in [5, 5.41) is 2.78. The number of nitrogens with zero attached hydrogens (tertiary/aromatic N) is 1. The Balaban J connectivity index is 1.99. The summed E-state index contributed by atoms with van der Waals surface area (Å²) >= 11 is 0. The molecule has 0 aliphatic heterocycles. The minimum absolute atomic E-state index is 0.0669. The average molecular weight is 391 g/mol. The SMILES string of the molecule is CCOc1ccc(NC(=O)CCN(C(C)c2ccccc2)S(C)(=O)=O)cc1. The van der Waals surface area contributed by atoms with E-state index in [9.17, 15) is 13.2 Å². The van der Waals surface area contributed by atoms with Gasteiger partial charge in [-0.15, -0.1) is 0 Å². The Hall–Kier alpha value is -2.38. The van der Waals surface area contributed by atoms with Gasteiger partial charge in [0.05, 0.1) is 12.9 Å². The lowest BCUT2D eigenvalue weighted by atomic mass is 10.1. The summed E-state index contributed by atoms with van der Waals surface area (Å²) in [6.45, 7) is 4.41. The summed E-state index contributed by atoms with van der Waals surface area (Å²) in [6.07, 6.45) is 1.23. The first-order valence-corrected chi connectivity index (χ1v) is 10.7. The summed E-state index contributed by atoms with van der Waals surface area (Å²) in [7, 11) is -3.46. The minimum atomic E-state index is -3.46. The summed E-state index contributed by atoms with van der Waals surface area (Å²) in [6, 6.07) is 16.1. The van der Waals surface area contributed by atoms with Crippen LogP contribution in [0.15, 0.2) is 54.6 Å². The summed E-state index contributed by atoms with van der Waals surface area (Å²) < 4.78 is 31.1. The molecule has 1 N–H and O–H groups in total. The van der Waals surface area contributed by atoms with Crippen LogP contribution in [0.2, 0.25) is 0 Å². The molecule has 0 aliphatic carbocycles. The smallest absolute Gasteiger partial charge is 0.225 e. The Morgan fingerprint density at radius 1 is 1.11 bits per heavy atom. The van der Waals surface area contributed by atoms with E-state index in [4.69, 9.17) is 4.74 Å². The van der Waals surface area contributed by atoms with E-state index in [1.807, 2.05) is 44.2 Å². The van der Waals surface area contributed by atoms with Crippen LogP contribution < -0.4 is 10.1 Å². The quantitative estimate of drug-likeness (QED) is 0.712. The normalized spacial score (nSPS) is 12.6. The van der Waals surface area contributed by atoms with Crippen LogP contribution in [-0.4, -0.2) is 38.0 Å². The van der Waals surface area contributed by atoms with Crippen LogP contribution in [0.5, 0.6) is 5.75 Å². The molecule has 146 valence electrons. The number of ether oxygens (including phenoxy) is 1. The van der Waals surface area contributed by atoms with Crippen molar-refractivity contribution in [3.05, 3.63) is 60.2 Å². The van der Waals surface area contributed by atoms with Crippen LogP contribution in [0.4, 0.5) is 5.69 Å². The second-order valence-electron chi connectivity index (χ2n) is 6.22. The number of rotatable bonds is 9. The molecule has 1 unspecified atom stereocenters. The number of amides is 1. The maximum absolute atomic E-state index is 12.2. The molecule has 7 heteroatoms. The molecule has 0 saturated carbocycles. The van der Waals surface area contributed by atoms with E-state index in [2.05, 4.69) is 5.32 Å². The van der Waals surface area contributed by atoms with E-state index >= 15 is 0 Å². The highest BCUT2D eigenvalue weighted by Gasteiger charge is 2.25. The molecule has 2 aromatic rings. The lowest BCUT2D eigenvalue weighted by Crippen LogP contribution is -2.35. The lowest BCUT2D eigenvalue weighted by molar-refractivity contribution is -0.116. The van der Waals surface area contributed by atoms with Gasteiger partial charge < -0.3 is 10.1 Å². The van der Waals surface area contributed by atoms with Crippen molar-refractivity contribution >= 4 is 21.6 Å². The van der Waals surface area contributed by atoms with Gasteiger partial charge in [0.2, 0.25) is 15.9 Å². The van der Waals surface area contributed by atoms with Crippen LogP contribution in [0.1, 0.15) is 31.9 Å². The second kappa shape index (κ2) is 9.53. The monoisotopic (exact) mass is 390 g/mol. The van der Waals surface area contributed by atoms with Crippen molar-refractivity contribution < 1.29 is 17.9 Å². The topological polar surface area (TPSA) is 75.7 Å². The molecule has 6 nitrogen and oxygen atoms in total. The van der Waals surface area contributed by atoms with E-state index < -0.39 is 10.0 Å². The van der Waals surface area contributed by atoms with Gasteiger partial charge in [0.1, 0.15) is 5.75 Å². The Morgan fingerprint density at radius 3 is 2.30 bits per heavy atom. The van der Waals surface area contributed by atoms with E-state index in [0.717, 1.165) is 17.6 Å². The van der Waals surface area contributed by atoms with E-state index in [0.29, 0.717) is 12.3 Å². The largest absolute Gasteiger partial charge is 0.494 e. The second-order valence-corrected chi connectivity index (χ2v) is 8.15. The number of carbonyl (C=O) groups excluding carboxylic acids is 1. The predicted molar refractivity (Wildman–Crippen MR) is 107 cm³/mol. The van der Waals surface area contributed by atoms with Crippen molar-refractivity contribution in [1.82, 2.24) is 4.31 Å². The van der Waals surface area contributed by atoms with Crippen LogP contribution in [0.3, 0.4) is 0 Å². The number of benzene rings is 2. The van der Waals surface area contributed by atoms with Crippen molar-refractivity contribution in [3.8, 4) is 5.75 Å². The van der Waals surface area contributed by atoms with Gasteiger partial charge in [-0.05, 0) is 43.7 Å². The Kier molecular flexibility index (Phi) is 7.38. The number of nitrogens with one attached hydrogen (secondary N) is 1. The van der Waals surface area contributed by atoms with Crippen molar-refractivity contribution in [2.45, 2.75) is 26.3 Å². The number of hydrogen-bond acceptors (Lipinski definition) is 4. The van der Waals surface area contributed by atoms with E-state index in [-0.39, 0.29) is 24.9 Å². The minimum Gasteiger partial charge on any atom is -0.494 e. The molecule has 0 bridgehead atoms. The standard InChI is InChI=1S/C20H26N2O4S/c1-4-26-19-12-10-18(11-13-19)21-20(23)14-15-22(27(3,24)25)16(2)17-8-6-5-7-9-17/h5-13,16H,4,14-15H2,1-3H3,(H,21,23). The summed E-state index contributed by atoms with van der Waals surface area (Å²) in [4.78, 5) is 12.2. The molecule has 2 rings (SSSR count). The molecule has 0 aliphatic rings. The van der Waals surface area contributed by atoms with Crippen LogP contribution in [0.25, 0.3) is 0 Å². The maximum atomic E-state index is 12.2. The van der Waals surface area contributed by atoms with Gasteiger partial charge in [0.25, 0.3) is 0 Å². The summed E-state index contributed by atoms with van der Waals surface area (Å²) in [5.41, 5.74) is 1.53. The van der Waals surface area contributed by atoms with E-state index in [1.165, 1.54) is 4.31 Å². The molecule has 27 heavy (non-hydrogen) atoms. The van der Waals surface area contributed by atoms with Crippen molar-refractivity contribution in [3.63, 3.8) is 0 Å². The number of sulfonamides is 1. The fourth-order valence-electron chi connectivity index (χ4n) is 2.78. The molecule has 0 aromatic heterocycles. The van der Waals surface area contributed by atoms with Gasteiger partial charge in [-0.25, -0.2) is 8.42 Å². The van der Waals surface area contributed by atoms with Gasteiger partial charge >= 0.3 is 0 Å². The zero-order valence-corrected chi connectivity index (χ0v) is 16.7. The highest BCUT2D eigenvalue weighted by Crippen LogP contribution is 2.23. The van der Waals surface area contributed by atoms with Gasteiger partial charge in [-0.2, -0.15) is 4.31 Å². The first-order valence-electron chi connectivity index (χ1n) is 8.85. The number of hydrogen-bond donors (Lipinski definition) is 1. The van der Waals surface area contributed by atoms with Crippen molar-refractivity contribution in [1.29, 1.82) is 0 Å². The van der Waals surface area contributed by atoms with Crippen LogP contribution in [0, 0.1) is 0 Å². The van der Waals surface area contributed by atoms with Gasteiger partial charge in [-0.3, -0.25) is 4.79 Å². The molecule has 1 amide bonds. The molecule has 1 atom stereocenters. The third kappa shape index (κ3) is 6.37. The third-order valence-corrected chi connectivity index (χ3v) is 5.50. The fraction of sp³-hybridized carbons (Fsp3) is 0.350. The molecule has 0 spiro atoms. The predicted octanol–water partition coefficient (Wildman–Crippen LogP) is 3.44. The Labute approximate surface area is 161 Å². The first kappa shape index (κ1) is 20.9. The molecule has 0 radical (unpaired) electrons. The zero-order valence-electron chi connectivity index (χ0n) is 15.9. The molecular formula is C20H26N2O4S. The molecule has 0 saturated heterocycles. The number of anilines is 1. The van der Waals surface area contributed by atoms with Gasteiger partial charge in [0, 0.05) is 24.7 Å². The van der Waals surface area contributed by atoms with Gasteiger partial charge in [0.15, 0.2) is 0 Å². The van der Waals surface area contributed by atoms with Crippen LogP contribution in [-0.2, 0) is 14.8 Å². The highest BCUT2D eigenvalue weighted by molar-refractivity contribution is 7.88. The fourth-order valence-corrected chi connectivity index (χ4v) is 3.90. The van der Waals surface area contributed by atoms with Crippen molar-refractivity contribution in [2.75, 3.05) is 24.7 Å². The van der Waals surface area contributed by atoms with Crippen LogP contribution >= 0.6 is 0 Å². The maximum Gasteiger partial charge on any atom is 0.225 e. The zero-order chi connectivity index (χ0) is 19.9. The Bertz CT molecular complexity index is 836. The van der Waals surface area contributed by atoms with Gasteiger partial charge in [-0.1, -0.05) is 30.3 Å². The molecule has 2 aromatic carbocycles.